The average Bonchev–Trinajstić information content (AvgIpc) is 2.53. The first kappa shape index (κ1) is 18.6. The highest BCUT2D eigenvalue weighted by Crippen LogP contribution is 2.12. The van der Waals surface area contributed by atoms with Gasteiger partial charge in [0.1, 0.15) is 11.9 Å². The molecule has 2 atom stereocenters. The Morgan fingerprint density at radius 3 is 2.26 bits per heavy atom. The third-order valence-electron chi connectivity index (χ3n) is 3.33. The van der Waals surface area contributed by atoms with Gasteiger partial charge in [-0.1, -0.05) is 19.1 Å². The van der Waals surface area contributed by atoms with Crippen molar-refractivity contribution < 1.29 is 28.2 Å². The Bertz CT molecular complexity index is 558. The standard InChI is InChI=1S/C16H20FNO5/c1-10(8-14(20)22-2)15(16(21)23-3)18-13(19)9-11-4-6-12(17)7-5-11/h4-7,10,15H,8-9H2,1-3H3,(H,18,19)/t10-,15-/m0/s1. The van der Waals surface area contributed by atoms with Crippen molar-refractivity contribution in [2.24, 2.45) is 5.92 Å². The number of amides is 1. The van der Waals surface area contributed by atoms with E-state index in [0.717, 1.165) is 0 Å². The van der Waals surface area contributed by atoms with Crippen molar-refractivity contribution in [1.29, 1.82) is 0 Å². The molecular weight excluding hydrogens is 305 g/mol. The monoisotopic (exact) mass is 325 g/mol. The molecule has 1 N–H and O–H groups in total. The van der Waals surface area contributed by atoms with Gasteiger partial charge in [0.2, 0.25) is 5.91 Å². The molecule has 0 saturated carbocycles. The zero-order valence-electron chi connectivity index (χ0n) is 13.3. The predicted molar refractivity (Wildman–Crippen MR) is 79.8 cm³/mol. The first-order chi connectivity index (χ1) is 10.9. The van der Waals surface area contributed by atoms with Gasteiger partial charge in [0, 0.05) is 0 Å². The second-order valence-corrected chi connectivity index (χ2v) is 5.13. The Hall–Kier alpha value is -2.44. The highest BCUT2D eigenvalue weighted by Gasteiger charge is 2.29. The van der Waals surface area contributed by atoms with E-state index in [1.165, 1.54) is 38.5 Å². The lowest BCUT2D eigenvalue weighted by Gasteiger charge is -2.22. The minimum absolute atomic E-state index is 0.0152. The largest absolute Gasteiger partial charge is 0.469 e. The number of ether oxygens (including phenoxy) is 2. The van der Waals surface area contributed by atoms with E-state index in [0.29, 0.717) is 5.56 Å². The quantitative estimate of drug-likeness (QED) is 0.763. The van der Waals surface area contributed by atoms with E-state index < -0.39 is 35.6 Å². The van der Waals surface area contributed by atoms with Gasteiger partial charge in [-0.05, 0) is 23.6 Å². The van der Waals surface area contributed by atoms with Crippen LogP contribution in [0.3, 0.4) is 0 Å². The summed E-state index contributed by atoms with van der Waals surface area (Å²) < 4.78 is 22.1. The fourth-order valence-electron chi connectivity index (χ4n) is 2.04. The molecule has 1 amide bonds. The molecule has 0 saturated heterocycles. The van der Waals surface area contributed by atoms with E-state index in [2.05, 4.69) is 14.8 Å². The summed E-state index contributed by atoms with van der Waals surface area (Å²) in [4.78, 5) is 35.2. The van der Waals surface area contributed by atoms with Crippen LogP contribution in [0.2, 0.25) is 0 Å². The Kier molecular flexibility index (Phi) is 7.18. The lowest BCUT2D eigenvalue weighted by Crippen LogP contribution is -2.46. The summed E-state index contributed by atoms with van der Waals surface area (Å²) in [5.74, 6) is -2.45. The van der Waals surface area contributed by atoms with E-state index in [4.69, 9.17) is 0 Å². The summed E-state index contributed by atoms with van der Waals surface area (Å²) in [7, 11) is 2.45. The summed E-state index contributed by atoms with van der Waals surface area (Å²) in [6.45, 7) is 1.64. The third kappa shape index (κ3) is 6.06. The molecule has 0 bridgehead atoms. The molecule has 1 aromatic rings. The minimum atomic E-state index is -0.966. The number of esters is 2. The van der Waals surface area contributed by atoms with Crippen molar-refractivity contribution >= 4 is 17.8 Å². The Labute approximate surface area is 134 Å². The second kappa shape index (κ2) is 8.87. The number of hydrogen-bond donors (Lipinski definition) is 1. The summed E-state index contributed by atoms with van der Waals surface area (Å²) in [6, 6.07) is 4.51. The first-order valence-corrected chi connectivity index (χ1v) is 7.05. The molecule has 0 radical (unpaired) electrons. The van der Waals surface area contributed by atoms with Crippen molar-refractivity contribution in [1.82, 2.24) is 5.32 Å². The van der Waals surface area contributed by atoms with Gasteiger partial charge in [-0.2, -0.15) is 0 Å². The SMILES string of the molecule is COC(=O)C[C@H](C)[C@H](NC(=O)Cc1ccc(F)cc1)C(=O)OC. The Balaban J connectivity index is 2.72. The molecule has 0 aliphatic rings. The number of nitrogens with one attached hydrogen (secondary N) is 1. The normalized spacial score (nSPS) is 12.9. The minimum Gasteiger partial charge on any atom is -0.469 e. The topological polar surface area (TPSA) is 81.7 Å². The van der Waals surface area contributed by atoms with Crippen molar-refractivity contribution in [2.45, 2.75) is 25.8 Å². The number of rotatable bonds is 7. The summed E-state index contributed by atoms with van der Waals surface area (Å²) in [5, 5.41) is 2.55. The van der Waals surface area contributed by atoms with Gasteiger partial charge in [0.15, 0.2) is 0 Å². The number of benzene rings is 1. The van der Waals surface area contributed by atoms with Crippen LogP contribution in [0.5, 0.6) is 0 Å². The predicted octanol–water partition coefficient (Wildman–Crippen LogP) is 1.23. The van der Waals surface area contributed by atoms with Crippen LogP contribution in [0.1, 0.15) is 18.9 Å². The van der Waals surface area contributed by atoms with Crippen LogP contribution in [0.15, 0.2) is 24.3 Å². The van der Waals surface area contributed by atoms with Crippen LogP contribution in [0.4, 0.5) is 4.39 Å². The van der Waals surface area contributed by atoms with Gasteiger partial charge >= 0.3 is 11.9 Å². The molecule has 0 fully saturated rings. The molecule has 23 heavy (non-hydrogen) atoms. The summed E-state index contributed by atoms with van der Waals surface area (Å²) in [6.07, 6.45) is -0.0498. The van der Waals surface area contributed by atoms with Crippen LogP contribution in [-0.2, 0) is 30.3 Å². The third-order valence-corrected chi connectivity index (χ3v) is 3.33. The molecule has 0 unspecified atom stereocenters. The zero-order chi connectivity index (χ0) is 17.4. The van der Waals surface area contributed by atoms with Crippen LogP contribution >= 0.6 is 0 Å². The smallest absolute Gasteiger partial charge is 0.328 e. The van der Waals surface area contributed by atoms with Crippen LogP contribution in [0.25, 0.3) is 0 Å². The van der Waals surface area contributed by atoms with Gasteiger partial charge in [0.05, 0.1) is 27.1 Å². The molecule has 126 valence electrons. The number of halogens is 1. The zero-order valence-corrected chi connectivity index (χ0v) is 13.3. The number of carbonyl (C=O) groups is 3. The maximum absolute atomic E-state index is 12.8. The Morgan fingerprint density at radius 2 is 1.74 bits per heavy atom. The van der Waals surface area contributed by atoms with Gasteiger partial charge < -0.3 is 14.8 Å². The van der Waals surface area contributed by atoms with Gasteiger partial charge in [0.25, 0.3) is 0 Å². The molecule has 0 heterocycles. The molecule has 6 nitrogen and oxygen atoms in total. The van der Waals surface area contributed by atoms with Crippen LogP contribution in [0, 0.1) is 11.7 Å². The van der Waals surface area contributed by atoms with E-state index in [-0.39, 0.29) is 12.8 Å². The van der Waals surface area contributed by atoms with E-state index in [1.807, 2.05) is 0 Å². The lowest BCUT2D eigenvalue weighted by atomic mass is 9.98. The fraction of sp³-hybridized carbons (Fsp3) is 0.438. The van der Waals surface area contributed by atoms with Gasteiger partial charge in [-0.3, -0.25) is 9.59 Å². The molecule has 1 aromatic carbocycles. The van der Waals surface area contributed by atoms with Crippen molar-refractivity contribution in [3.05, 3.63) is 35.6 Å². The van der Waals surface area contributed by atoms with Crippen molar-refractivity contribution in [2.75, 3.05) is 14.2 Å². The maximum atomic E-state index is 12.8. The highest BCUT2D eigenvalue weighted by atomic mass is 19.1. The van der Waals surface area contributed by atoms with Crippen LogP contribution in [-0.4, -0.2) is 38.1 Å². The molecule has 0 spiro atoms. The van der Waals surface area contributed by atoms with E-state index in [9.17, 15) is 18.8 Å². The number of hydrogen-bond acceptors (Lipinski definition) is 5. The number of carbonyl (C=O) groups excluding carboxylic acids is 3. The van der Waals surface area contributed by atoms with Crippen LogP contribution < -0.4 is 5.32 Å². The molecule has 0 aromatic heterocycles. The second-order valence-electron chi connectivity index (χ2n) is 5.13. The number of methoxy groups -OCH3 is 2. The maximum Gasteiger partial charge on any atom is 0.328 e. The molecule has 7 heteroatoms. The van der Waals surface area contributed by atoms with Crippen molar-refractivity contribution in [3.63, 3.8) is 0 Å². The van der Waals surface area contributed by atoms with E-state index >= 15 is 0 Å². The highest BCUT2D eigenvalue weighted by molar-refractivity contribution is 5.86. The average molecular weight is 325 g/mol. The Morgan fingerprint density at radius 1 is 1.13 bits per heavy atom. The fourth-order valence-corrected chi connectivity index (χ4v) is 2.04. The lowest BCUT2D eigenvalue weighted by molar-refractivity contribution is -0.148. The first-order valence-electron chi connectivity index (χ1n) is 7.05. The summed E-state index contributed by atoms with van der Waals surface area (Å²) in [5.41, 5.74) is 0.605. The van der Waals surface area contributed by atoms with Crippen molar-refractivity contribution in [3.8, 4) is 0 Å². The van der Waals surface area contributed by atoms with Gasteiger partial charge in [-0.25, -0.2) is 9.18 Å². The molecule has 0 aliphatic heterocycles. The molecule has 0 aliphatic carbocycles. The van der Waals surface area contributed by atoms with E-state index in [1.54, 1.807) is 6.92 Å². The summed E-state index contributed by atoms with van der Waals surface area (Å²) >= 11 is 0. The van der Waals surface area contributed by atoms with Gasteiger partial charge in [-0.15, -0.1) is 0 Å². The molecule has 1 rings (SSSR count). The molecular formula is C16H20FNO5.